The van der Waals surface area contributed by atoms with E-state index in [-0.39, 0.29) is 11.7 Å². The molecule has 0 aliphatic heterocycles. The van der Waals surface area contributed by atoms with Crippen molar-refractivity contribution < 1.29 is 9.18 Å². The van der Waals surface area contributed by atoms with Crippen molar-refractivity contribution in [3.63, 3.8) is 0 Å². The molecule has 1 amide bonds. The van der Waals surface area contributed by atoms with Crippen molar-refractivity contribution in [2.75, 3.05) is 7.05 Å². The maximum Gasteiger partial charge on any atom is 0.222 e. The quantitative estimate of drug-likeness (QED) is 0.838. The Morgan fingerprint density at radius 2 is 2.20 bits per heavy atom. The van der Waals surface area contributed by atoms with E-state index >= 15 is 0 Å². The van der Waals surface area contributed by atoms with Crippen LogP contribution >= 0.6 is 0 Å². The van der Waals surface area contributed by atoms with E-state index in [1.165, 1.54) is 12.1 Å². The van der Waals surface area contributed by atoms with Gasteiger partial charge in [-0.1, -0.05) is 12.1 Å². The highest BCUT2D eigenvalue weighted by Crippen LogP contribution is 2.08. The van der Waals surface area contributed by atoms with Crippen molar-refractivity contribution in [3.05, 3.63) is 53.6 Å². The number of benzene rings is 1. The van der Waals surface area contributed by atoms with E-state index in [1.54, 1.807) is 28.9 Å². The smallest absolute Gasteiger partial charge is 0.222 e. The predicted molar refractivity (Wildman–Crippen MR) is 74.4 cm³/mol. The molecule has 0 saturated heterocycles. The fraction of sp³-hybridized carbons (Fsp3) is 0.333. The van der Waals surface area contributed by atoms with Gasteiger partial charge in [0.2, 0.25) is 5.91 Å². The Hall–Kier alpha value is -2.17. The molecule has 1 aromatic carbocycles. The molecule has 2 rings (SSSR count). The second-order valence-electron chi connectivity index (χ2n) is 4.90. The number of aryl methyl sites for hydroxylation is 2. The number of rotatable bonds is 5. The number of aromatic nitrogens is 2. The third-order valence-electron chi connectivity index (χ3n) is 3.12. The molecule has 0 saturated carbocycles. The Labute approximate surface area is 117 Å². The van der Waals surface area contributed by atoms with Gasteiger partial charge in [-0.05, 0) is 24.1 Å². The van der Waals surface area contributed by atoms with Crippen molar-refractivity contribution in [1.82, 2.24) is 14.7 Å². The van der Waals surface area contributed by atoms with Gasteiger partial charge in [0.15, 0.2) is 0 Å². The van der Waals surface area contributed by atoms with E-state index in [1.807, 2.05) is 19.3 Å². The van der Waals surface area contributed by atoms with Gasteiger partial charge in [0.1, 0.15) is 5.82 Å². The van der Waals surface area contributed by atoms with Crippen molar-refractivity contribution in [3.8, 4) is 0 Å². The van der Waals surface area contributed by atoms with Crippen LogP contribution in [0.15, 0.2) is 36.7 Å². The number of amides is 1. The average molecular weight is 275 g/mol. The van der Waals surface area contributed by atoms with E-state index in [4.69, 9.17) is 0 Å². The molecule has 0 spiro atoms. The summed E-state index contributed by atoms with van der Waals surface area (Å²) >= 11 is 0. The van der Waals surface area contributed by atoms with Crippen molar-refractivity contribution in [2.24, 2.45) is 7.05 Å². The molecule has 0 atom stereocenters. The fourth-order valence-corrected chi connectivity index (χ4v) is 2.05. The summed E-state index contributed by atoms with van der Waals surface area (Å²) in [5.74, 6) is -0.225. The van der Waals surface area contributed by atoms with Gasteiger partial charge in [-0.2, -0.15) is 5.10 Å². The minimum Gasteiger partial charge on any atom is -0.341 e. The topological polar surface area (TPSA) is 38.1 Å². The first kappa shape index (κ1) is 14.2. The van der Waals surface area contributed by atoms with Crippen LogP contribution in [0.5, 0.6) is 0 Å². The molecule has 5 heteroatoms. The molecule has 1 aromatic heterocycles. The van der Waals surface area contributed by atoms with Crippen LogP contribution in [0.4, 0.5) is 4.39 Å². The van der Waals surface area contributed by atoms with Gasteiger partial charge in [-0.3, -0.25) is 9.48 Å². The first-order valence-electron chi connectivity index (χ1n) is 6.50. The molecular formula is C15H18FN3O. The Morgan fingerprint density at radius 3 is 2.85 bits per heavy atom. The Balaban J connectivity index is 1.85. The lowest BCUT2D eigenvalue weighted by Gasteiger charge is -2.16. The molecule has 106 valence electrons. The van der Waals surface area contributed by atoms with E-state index < -0.39 is 0 Å². The van der Waals surface area contributed by atoms with E-state index in [0.717, 1.165) is 11.1 Å². The highest BCUT2D eigenvalue weighted by Gasteiger charge is 2.10. The minimum atomic E-state index is -0.265. The molecule has 0 fully saturated rings. The normalized spacial score (nSPS) is 10.6. The number of nitrogens with zero attached hydrogens (tertiary/aromatic N) is 3. The zero-order valence-corrected chi connectivity index (χ0v) is 11.7. The first-order valence-corrected chi connectivity index (χ1v) is 6.50. The van der Waals surface area contributed by atoms with Crippen molar-refractivity contribution in [2.45, 2.75) is 19.4 Å². The second-order valence-corrected chi connectivity index (χ2v) is 4.90. The third kappa shape index (κ3) is 3.91. The number of hydrogen-bond acceptors (Lipinski definition) is 2. The zero-order chi connectivity index (χ0) is 14.5. The SMILES string of the molecule is CN(Cc1cnn(C)c1)C(=O)CCc1cccc(F)c1. The third-order valence-corrected chi connectivity index (χ3v) is 3.12. The van der Waals surface area contributed by atoms with Crippen LogP contribution < -0.4 is 0 Å². The summed E-state index contributed by atoms with van der Waals surface area (Å²) in [7, 11) is 3.61. The zero-order valence-electron chi connectivity index (χ0n) is 11.7. The Morgan fingerprint density at radius 1 is 1.40 bits per heavy atom. The molecule has 0 aliphatic carbocycles. The van der Waals surface area contributed by atoms with Crippen molar-refractivity contribution in [1.29, 1.82) is 0 Å². The monoisotopic (exact) mass is 275 g/mol. The number of hydrogen-bond donors (Lipinski definition) is 0. The summed E-state index contributed by atoms with van der Waals surface area (Å²) in [5.41, 5.74) is 1.84. The van der Waals surface area contributed by atoms with Gasteiger partial charge in [0.05, 0.1) is 6.20 Å². The highest BCUT2D eigenvalue weighted by molar-refractivity contribution is 5.76. The van der Waals surface area contributed by atoms with Gasteiger partial charge < -0.3 is 4.90 Å². The molecule has 0 N–H and O–H groups in total. The summed E-state index contributed by atoms with van der Waals surface area (Å²) in [5, 5.41) is 4.07. The molecule has 0 unspecified atom stereocenters. The van der Waals surface area contributed by atoms with Crippen LogP contribution in [-0.2, 0) is 24.8 Å². The standard InChI is InChI=1S/C15H18FN3O/c1-18(10-13-9-17-19(2)11-13)15(20)7-6-12-4-3-5-14(16)8-12/h3-5,8-9,11H,6-7,10H2,1-2H3. The van der Waals surface area contributed by atoms with E-state index in [0.29, 0.717) is 19.4 Å². The van der Waals surface area contributed by atoms with Crippen LogP contribution in [0.2, 0.25) is 0 Å². The Bertz CT molecular complexity index is 594. The van der Waals surface area contributed by atoms with Crippen LogP contribution in [0, 0.1) is 5.82 Å². The summed E-state index contributed by atoms with van der Waals surface area (Å²) in [6.07, 6.45) is 4.56. The maximum atomic E-state index is 13.0. The van der Waals surface area contributed by atoms with Crippen LogP contribution in [0.3, 0.4) is 0 Å². The molecule has 1 heterocycles. The largest absolute Gasteiger partial charge is 0.341 e. The molecule has 2 aromatic rings. The maximum absolute atomic E-state index is 13.0. The molecule has 0 bridgehead atoms. The van der Waals surface area contributed by atoms with Gasteiger partial charge in [0.25, 0.3) is 0 Å². The number of carbonyl (C=O) groups is 1. The Kier molecular flexibility index (Phi) is 4.50. The molecule has 0 radical (unpaired) electrons. The molecule has 20 heavy (non-hydrogen) atoms. The van der Waals surface area contributed by atoms with E-state index in [2.05, 4.69) is 5.10 Å². The first-order chi connectivity index (χ1) is 9.54. The molecule has 4 nitrogen and oxygen atoms in total. The summed E-state index contributed by atoms with van der Waals surface area (Å²) in [4.78, 5) is 13.7. The van der Waals surface area contributed by atoms with Gasteiger partial charge in [-0.15, -0.1) is 0 Å². The predicted octanol–water partition coefficient (Wildman–Crippen LogP) is 2.15. The lowest BCUT2D eigenvalue weighted by molar-refractivity contribution is -0.130. The van der Waals surface area contributed by atoms with Crippen LogP contribution in [0.1, 0.15) is 17.5 Å². The average Bonchev–Trinajstić information content (AvgIpc) is 2.81. The highest BCUT2D eigenvalue weighted by atomic mass is 19.1. The van der Waals surface area contributed by atoms with Gasteiger partial charge in [-0.25, -0.2) is 4.39 Å². The van der Waals surface area contributed by atoms with E-state index in [9.17, 15) is 9.18 Å². The molecular weight excluding hydrogens is 257 g/mol. The van der Waals surface area contributed by atoms with Crippen LogP contribution in [-0.4, -0.2) is 27.6 Å². The summed E-state index contributed by atoms with van der Waals surface area (Å²) in [6.45, 7) is 0.538. The second kappa shape index (κ2) is 6.32. The summed E-state index contributed by atoms with van der Waals surface area (Å²) < 4.78 is 14.7. The number of halogens is 1. The summed E-state index contributed by atoms with van der Waals surface area (Å²) in [6, 6.07) is 6.36. The lowest BCUT2D eigenvalue weighted by atomic mass is 10.1. The van der Waals surface area contributed by atoms with Gasteiger partial charge >= 0.3 is 0 Å². The molecule has 0 aliphatic rings. The van der Waals surface area contributed by atoms with Crippen LogP contribution in [0.25, 0.3) is 0 Å². The number of carbonyl (C=O) groups excluding carboxylic acids is 1. The fourth-order valence-electron chi connectivity index (χ4n) is 2.05. The lowest BCUT2D eigenvalue weighted by Crippen LogP contribution is -2.26. The minimum absolute atomic E-state index is 0.0399. The van der Waals surface area contributed by atoms with Crippen molar-refractivity contribution >= 4 is 5.91 Å². The van der Waals surface area contributed by atoms with Gasteiger partial charge in [0, 0.05) is 38.8 Å².